The summed E-state index contributed by atoms with van der Waals surface area (Å²) in [6.07, 6.45) is 5.63. The van der Waals surface area contributed by atoms with Crippen LogP contribution in [0.3, 0.4) is 0 Å². The van der Waals surface area contributed by atoms with Crippen LogP contribution >= 0.6 is 0 Å². The monoisotopic (exact) mass is 315 g/mol. The molecule has 6 heteroatoms. The molecule has 2 aromatic heterocycles. The third-order valence-corrected chi connectivity index (χ3v) is 4.43. The van der Waals surface area contributed by atoms with Crippen LogP contribution in [0, 0.1) is 0 Å². The first-order valence-electron chi connectivity index (χ1n) is 8.42. The van der Waals surface area contributed by atoms with Crippen molar-refractivity contribution in [2.75, 3.05) is 13.1 Å². The third-order valence-electron chi connectivity index (χ3n) is 4.43. The van der Waals surface area contributed by atoms with E-state index in [4.69, 9.17) is 4.98 Å². The molecule has 23 heavy (non-hydrogen) atoms. The molecule has 0 aromatic carbocycles. The fourth-order valence-corrected chi connectivity index (χ4v) is 3.02. The largest absolute Gasteiger partial charge is 0.310 e. The van der Waals surface area contributed by atoms with E-state index in [2.05, 4.69) is 42.0 Å². The first-order valence-corrected chi connectivity index (χ1v) is 8.42. The summed E-state index contributed by atoms with van der Waals surface area (Å²) in [6, 6.07) is 0. The molecule has 0 spiro atoms. The van der Waals surface area contributed by atoms with Crippen LogP contribution < -0.4 is 5.56 Å². The predicted octanol–water partition coefficient (Wildman–Crippen LogP) is 1.71. The summed E-state index contributed by atoms with van der Waals surface area (Å²) in [7, 11) is 0. The van der Waals surface area contributed by atoms with Crippen LogP contribution in [0.15, 0.2) is 17.2 Å². The summed E-state index contributed by atoms with van der Waals surface area (Å²) in [6.45, 7) is 9.78. The van der Waals surface area contributed by atoms with E-state index in [0.29, 0.717) is 0 Å². The molecule has 3 heterocycles. The van der Waals surface area contributed by atoms with E-state index in [9.17, 15) is 4.79 Å². The fourth-order valence-electron chi connectivity index (χ4n) is 3.02. The molecule has 6 nitrogen and oxygen atoms in total. The highest BCUT2D eigenvalue weighted by atomic mass is 16.1. The van der Waals surface area contributed by atoms with Crippen molar-refractivity contribution in [2.45, 2.75) is 52.6 Å². The average Bonchev–Trinajstić information content (AvgIpc) is 2.88. The van der Waals surface area contributed by atoms with Crippen molar-refractivity contribution in [3.05, 3.63) is 45.4 Å². The smallest absolute Gasteiger partial charge is 0.254 e. The molecule has 0 saturated carbocycles. The lowest BCUT2D eigenvalue weighted by Gasteiger charge is -2.18. The van der Waals surface area contributed by atoms with Crippen LogP contribution in [-0.2, 0) is 25.9 Å². The van der Waals surface area contributed by atoms with Gasteiger partial charge in [0.05, 0.1) is 11.9 Å². The molecule has 3 rings (SSSR count). The minimum Gasteiger partial charge on any atom is -0.310 e. The third kappa shape index (κ3) is 3.52. The molecule has 0 bridgehead atoms. The van der Waals surface area contributed by atoms with Gasteiger partial charge in [-0.15, -0.1) is 0 Å². The van der Waals surface area contributed by atoms with Gasteiger partial charge in [-0.25, -0.2) is 4.98 Å². The van der Waals surface area contributed by atoms with Gasteiger partial charge in [0.25, 0.3) is 5.56 Å². The standard InChI is InChI=1S/C17H25N5O/c1-4-22-11-13(9-18-22)10-21-7-5-14-15(6-8-21)19-16(12(2)3)20-17(14)23/h9,11-12H,4-8,10H2,1-3H3,(H,19,20,23). The molecule has 0 fully saturated rings. The molecular weight excluding hydrogens is 290 g/mol. The maximum absolute atomic E-state index is 12.3. The van der Waals surface area contributed by atoms with Gasteiger partial charge < -0.3 is 4.98 Å². The van der Waals surface area contributed by atoms with Gasteiger partial charge in [0.2, 0.25) is 0 Å². The highest BCUT2D eigenvalue weighted by Gasteiger charge is 2.19. The highest BCUT2D eigenvalue weighted by Crippen LogP contribution is 2.15. The Morgan fingerprint density at radius 3 is 2.78 bits per heavy atom. The maximum atomic E-state index is 12.3. The Hall–Kier alpha value is -1.95. The van der Waals surface area contributed by atoms with Crippen molar-refractivity contribution in [2.24, 2.45) is 0 Å². The number of aryl methyl sites for hydroxylation is 1. The van der Waals surface area contributed by atoms with Crippen molar-refractivity contribution >= 4 is 0 Å². The Kier molecular flexibility index (Phi) is 4.61. The molecule has 0 saturated heterocycles. The van der Waals surface area contributed by atoms with Gasteiger partial charge in [0.15, 0.2) is 0 Å². The van der Waals surface area contributed by atoms with Crippen molar-refractivity contribution in [1.82, 2.24) is 24.6 Å². The SMILES string of the molecule is CCn1cc(CN2CCc3nc(C(C)C)[nH]c(=O)c3CC2)cn1. The molecule has 2 aromatic rings. The first-order chi connectivity index (χ1) is 11.1. The number of nitrogens with one attached hydrogen (secondary N) is 1. The summed E-state index contributed by atoms with van der Waals surface area (Å²) < 4.78 is 1.95. The van der Waals surface area contributed by atoms with E-state index in [-0.39, 0.29) is 11.5 Å². The first kappa shape index (κ1) is 15.9. The van der Waals surface area contributed by atoms with Gasteiger partial charge in [0, 0.05) is 55.8 Å². The molecule has 124 valence electrons. The summed E-state index contributed by atoms with van der Waals surface area (Å²) in [4.78, 5) is 22.3. The number of hydrogen-bond donors (Lipinski definition) is 1. The second-order valence-corrected chi connectivity index (χ2v) is 6.51. The molecule has 1 aliphatic heterocycles. The Bertz CT molecular complexity index is 731. The Morgan fingerprint density at radius 2 is 2.09 bits per heavy atom. The minimum absolute atomic E-state index is 0.0411. The quantitative estimate of drug-likeness (QED) is 0.933. The minimum atomic E-state index is 0.0411. The number of hydrogen-bond acceptors (Lipinski definition) is 4. The zero-order valence-corrected chi connectivity index (χ0v) is 14.2. The number of aromatic amines is 1. The maximum Gasteiger partial charge on any atom is 0.254 e. The lowest BCUT2D eigenvalue weighted by atomic mass is 10.1. The van der Waals surface area contributed by atoms with Crippen molar-refractivity contribution in [3.63, 3.8) is 0 Å². The van der Waals surface area contributed by atoms with E-state index in [1.807, 2.05) is 10.9 Å². The number of H-pyrrole nitrogens is 1. The molecule has 0 aliphatic carbocycles. The number of aromatic nitrogens is 4. The number of nitrogens with zero attached hydrogens (tertiary/aromatic N) is 4. The summed E-state index contributed by atoms with van der Waals surface area (Å²) in [5, 5.41) is 4.33. The summed E-state index contributed by atoms with van der Waals surface area (Å²) >= 11 is 0. The molecular formula is C17H25N5O. The van der Waals surface area contributed by atoms with Gasteiger partial charge in [-0.3, -0.25) is 14.4 Å². The summed E-state index contributed by atoms with van der Waals surface area (Å²) in [5.41, 5.74) is 3.10. The number of rotatable bonds is 4. The highest BCUT2D eigenvalue weighted by molar-refractivity contribution is 5.21. The van der Waals surface area contributed by atoms with Crippen LogP contribution in [-0.4, -0.2) is 37.7 Å². The molecule has 1 aliphatic rings. The van der Waals surface area contributed by atoms with Crippen molar-refractivity contribution in [3.8, 4) is 0 Å². The van der Waals surface area contributed by atoms with Crippen LogP contribution in [0.25, 0.3) is 0 Å². The van der Waals surface area contributed by atoms with Crippen LogP contribution in [0.2, 0.25) is 0 Å². The Labute approximate surface area is 136 Å². The number of fused-ring (bicyclic) bond motifs is 1. The van der Waals surface area contributed by atoms with E-state index in [1.165, 1.54) is 5.56 Å². The predicted molar refractivity (Wildman–Crippen MR) is 89.5 cm³/mol. The average molecular weight is 315 g/mol. The molecule has 1 N–H and O–H groups in total. The second kappa shape index (κ2) is 6.66. The van der Waals surface area contributed by atoms with Crippen LogP contribution in [0.5, 0.6) is 0 Å². The van der Waals surface area contributed by atoms with E-state index in [1.54, 1.807) is 0 Å². The van der Waals surface area contributed by atoms with Crippen LogP contribution in [0.4, 0.5) is 0 Å². The van der Waals surface area contributed by atoms with Crippen LogP contribution in [0.1, 0.15) is 49.3 Å². The van der Waals surface area contributed by atoms with Gasteiger partial charge in [-0.05, 0) is 13.3 Å². The van der Waals surface area contributed by atoms with Gasteiger partial charge in [-0.1, -0.05) is 13.8 Å². The zero-order valence-electron chi connectivity index (χ0n) is 14.2. The lowest BCUT2D eigenvalue weighted by molar-refractivity contribution is 0.278. The van der Waals surface area contributed by atoms with Gasteiger partial charge >= 0.3 is 0 Å². The molecule has 0 atom stereocenters. The van der Waals surface area contributed by atoms with Gasteiger partial charge in [0.1, 0.15) is 5.82 Å². The summed E-state index contributed by atoms with van der Waals surface area (Å²) in [5.74, 6) is 1.04. The molecule has 0 amide bonds. The Balaban J connectivity index is 1.74. The van der Waals surface area contributed by atoms with E-state index >= 15 is 0 Å². The molecule has 0 unspecified atom stereocenters. The van der Waals surface area contributed by atoms with Gasteiger partial charge in [-0.2, -0.15) is 5.10 Å². The molecule has 0 radical (unpaired) electrons. The van der Waals surface area contributed by atoms with E-state index < -0.39 is 0 Å². The topological polar surface area (TPSA) is 66.8 Å². The normalized spacial score (nSPS) is 15.7. The van der Waals surface area contributed by atoms with E-state index in [0.717, 1.165) is 56.1 Å². The lowest BCUT2D eigenvalue weighted by Crippen LogP contribution is -2.26. The fraction of sp³-hybridized carbons (Fsp3) is 0.588. The van der Waals surface area contributed by atoms with Crippen molar-refractivity contribution in [1.29, 1.82) is 0 Å². The van der Waals surface area contributed by atoms with Crippen molar-refractivity contribution < 1.29 is 0 Å². The zero-order chi connectivity index (χ0) is 16.4. The Morgan fingerprint density at radius 1 is 1.30 bits per heavy atom. The second-order valence-electron chi connectivity index (χ2n) is 6.51.